The van der Waals surface area contributed by atoms with Crippen LogP contribution >= 0.6 is 0 Å². The minimum Gasteiger partial charge on any atom is -0.750 e. The van der Waals surface area contributed by atoms with Gasteiger partial charge in [0, 0.05) is 40.1 Å². The van der Waals surface area contributed by atoms with Crippen LogP contribution in [-0.4, -0.2) is 18.7 Å². The molecule has 0 bridgehead atoms. The number of hydrogen-bond donors (Lipinski definition) is 0. The largest absolute Gasteiger partial charge is 0.750 e. The van der Waals surface area contributed by atoms with Gasteiger partial charge >= 0.3 is 0 Å². The first-order valence-corrected chi connectivity index (χ1v) is 2.87. The normalized spacial score (nSPS) is 8.75. The summed E-state index contributed by atoms with van der Waals surface area (Å²) >= 11 is 0. The molecule has 0 aromatic heterocycles. The molecule has 0 fully saturated rings. The molecule has 8 heavy (non-hydrogen) atoms. The van der Waals surface area contributed by atoms with Crippen LogP contribution in [0.2, 0.25) is 0 Å². The van der Waals surface area contributed by atoms with Crippen molar-refractivity contribution in [1.29, 1.82) is 0 Å². The van der Waals surface area contributed by atoms with E-state index >= 15 is 0 Å². The molecule has 5 heteroatoms. The van der Waals surface area contributed by atoms with Gasteiger partial charge in [0.1, 0.15) is 0 Å². The Morgan fingerprint density at radius 1 is 1.50 bits per heavy atom. The van der Waals surface area contributed by atoms with Gasteiger partial charge in [0.05, 0.1) is 10.1 Å². The van der Waals surface area contributed by atoms with Gasteiger partial charge in [-0.2, -0.15) is 0 Å². The molecule has 0 aromatic carbocycles. The Kier molecular flexibility index (Phi) is 12.0. The van der Waals surface area contributed by atoms with E-state index in [9.17, 15) is 13.0 Å². The van der Waals surface area contributed by atoms with E-state index < -0.39 is 15.9 Å². The van der Waals surface area contributed by atoms with E-state index in [-0.39, 0.29) is 40.1 Å². The fourth-order valence-electron chi connectivity index (χ4n) is 0. The molecule has 0 aliphatic heterocycles. The van der Waals surface area contributed by atoms with Crippen molar-refractivity contribution in [2.75, 3.05) is 5.75 Å². The van der Waals surface area contributed by atoms with Gasteiger partial charge in [-0.1, -0.05) is 5.75 Å². The van der Waals surface area contributed by atoms with Gasteiger partial charge in [0.2, 0.25) is 0 Å². The molecule has 3 nitrogen and oxygen atoms in total. The predicted molar refractivity (Wildman–Crippen MR) is 26.3 cm³/mol. The van der Waals surface area contributed by atoms with Crippen molar-refractivity contribution in [3.05, 3.63) is 14.4 Å². The molecule has 0 aromatic rings. The first-order valence-electron chi connectivity index (χ1n) is 1.29. The molecule has 0 saturated heterocycles. The molecule has 0 unspecified atom stereocenters. The van der Waals surface area contributed by atoms with E-state index in [1.807, 2.05) is 0 Å². The summed E-state index contributed by atoms with van der Waals surface area (Å²) in [6.45, 7) is 2.86. The monoisotopic (exact) mass is 212 g/mol. The van der Waals surface area contributed by atoms with E-state index in [0.29, 0.717) is 0 Å². The van der Waals surface area contributed by atoms with Crippen molar-refractivity contribution < 1.29 is 45.7 Å². The van der Waals surface area contributed by atoms with Crippen LogP contribution in [0, 0.1) is 14.4 Å². The molecule has 0 spiro atoms. The Bertz CT molecular complexity index is 116. The van der Waals surface area contributed by atoms with Gasteiger partial charge in [-0.05, 0) is 0 Å². The summed E-state index contributed by atoms with van der Waals surface area (Å²) in [6.07, 6.45) is 0. The summed E-state index contributed by atoms with van der Waals surface area (Å²) in [5.41, 5.74) is 0. The van der Waals surface area contributed by atoms with Gasteiger partial charge in [-0.25, -0.2) is 8.42 Å². The Labute approximate surface area is 75.5 Å². The van der Waals surface area contributed by atoms with Crippen LogP contribution in [0.3, 0.4) is 0 Å². The van der Waals surface area contributed by atoms with Crippen molar-refractivity contribution in [2.45, 2.75) is 0 Å². The molecular weight excluding hydrogens is 205 g/mol. The van der Waals surface area contributed by atoms with Crippen LogP contribution in [0.1, 0.15) is 0 Å². The summed E-state index contributed by atoms with van der Waals surface area (Å²) in [5, 5.41) is 0. The fourth-order valence-corrected chi connectivity index (χ4v) is 0. The zero-order valence-electron chi connectivity index (χ0n) is 4.62. The molecule has 0 heterocycles. The van der Waals surface area contributed by atoms with E-state index in [0.717, 1.165) is 0 Å². The topological polar surface area (TPSA) is 57.2 Å². The van der Waals surface area contributed by atoms with Crippen molar-refractivity contribution in [3.8, 4) is 0 Å². The minimum atomic E-state index is -4.02. The molecule has 0 aliphatic rings. The van der Waals surface area contributed by atoms with E-state index in [4.69, 9.17) is 0 Å². The van der Waals surface area contributed by atoms with Gasteiger partial charge in [0.15, 0.2) is 0 Å². The number of rotatable bonds is 1. The van der Waals surface area contributed by atoms with Gasteiger partial charge in [0.25, 0.3) is 0 Å². The molecular formula is C3H7O3SY-. The summed E-state index contributed by atoms with van der Waals surface area (Å²) in [7, 11) is -4.02. The van der Waals surface area contributed by atoms with Crippen molar-refractivity contribution in [1.82, 2.24) is 0 Å². The second kappa shape index (κ2) is 6.01. The van der Waals surface area contributed by atoms with Crippen LogP contribution in [-0.2, 0) is 42.8 Å². The Morgan fingerprint density at radius 3 is 1.62 bits per heavy atom. The summed E-state index contributed by atoms with van der Waals surface area (Å²) < 4.78 is 28.1. The maximum atomic E-state index is 9.38. The van der Waals surface area contributed by atoms with Gasteiger partial charge in [-0.3, -0.25) is 0 Å². The van der Waals surface area contributed by atoms with E-state index in [1.54, 1.807) is 0 Å². The minimum absolute atomic E-state index is 0. The maximum Gasteiger partial charge on any atom is 0.0658 e. The predicted octanol–water partition coefficient (Wildman–Crippen LogP) is -0.187. The first kappa shape index (κ1) is 15.9. The van der Waals surface area contributed by atoms with Gasteiger partial charge < -0.3 is 11.5 Å². The molecule has 0 saturated carbocycles. The fraction of sp³-hybridized carbons (Fsp3) is 0.333. The molecule has 47 valence electrons. The quantitative estimate of drug-likeness (QED) is 0.447. The van der Waals surface area contributed by atoms with Gasteiger partial charge in [-0.15, -0.1) is 0 Å². The molecule has 0 atom stereocenters. The number of hydrogen-bond acceptors (Lipinski definition) is 3. The third-order valence-electron chi connectivity index (χ3n) is 0.250. The molecule has 0 aliphatic carbocycles. The van der Waals surface area contributed by atoms with Crippen LogP contribution in [0.15, 0.2) is 0 Å². The summed E-state index contributed by atoms with van der Waals surface area (Å²) in [6, 6.07) is 0. The third kappa shape index (κ3) is 15.8. The molecule has 1 radical (unpaired) electrons. The van der Waals surface area contributed by atoms with Crippen molar-refractivity contribution >= 4 is 10.1 Å². The summed E-state index contributed by atoms with van der Waals surface area (Å²) in [4.78, 5) is 0. The average molecular weight is 212 g/mol. The second-order valence-electron chi connectivity index (χ2n) is 0.762. The SMILES string of the molecule is [CH2-]CS(=O)(=O)[O-].[CH3+].[Y]. The second-order valence-corrected chi connectivity index (χ2v) is 2.29. The Morgan fingerprint density at radius 2 is 1.62 bits per heavy atom. The first-order chi connectivity index (χ1) is 2.56. The maximum absolute atomic E-state index is 9.38. The van der Waals surface area contributed by atoms with E-state index in [2.05, 4.69) is 6.92 Å². The zero-order chi connectivity index (χ0) is 5.21. The summed E-state index contributed by atoms with van der Waals surface area (Å²) in [5.74, 6) is -0.562. The smallest absolute Gasteiger partial charge is 0.0658 e. The zero-order valence-corrected chi connectivity index (χ0v) is 8.28. The molecule has 0 amide bonds. The van der Waals surface area contributed by atoms with Crippen molar-refractivity contribution in [2.24, 2.45) is 0 Å². The van der Waals surface area contributed by atoms with Crippen LogP contribution < -0.4 is 0 Å². The Balaban J connectivity index is -0.000000125. The molecule has 0 N–H and O–H groups in total. The average Bonchev–Trinajstić information content (AvgIpc) is 1.35. The third-order valence-corrected chi connectivity index (χ3v) is 0.750. The standard InChI is InChI=1S/C2H5O3S.CH3.Y/c1-2-6(3,4)5;;/h1-2H2,(H,3,4,5);1H3;/q-1;+1;/p-1. The molecule has 0 rings (SSSR count). The van der Waals surface area contributed by atoms with Crippen LogP contribution in [0.4, 0.5) is 0 Å². The van der Waals surface area contributed by atoms with Crippen LogP contribution in [0.25, 0.3) is 0 Å². The van der Waals surface area contributed by atoms with Crippen molar-refractivity contribution in [3.63, 3.8) is 0 Å². The Hall–Kier alpha value is 0.884. The van der Waals surface area contributed by atoms with Crippen LogP contribution in [0.5, 0.6) is 0 Å². The van der Waals surface area contributed by atoms with E-state index in [1.165, 1.54) is 0 Å².